The van der Waals surface area contributed by atoms with Gasteiger partial charge in [0.25, 0.3) is 0 Å². The maximum absolute atomic E-state index is 12.7. The second-order valence-corrected chi connectivity index (χ2v) is 7.86. The van der Waals surface area contributed by atoms with Crippen LogP contribution in [0.1, 0.15) is 31.2 Å². The van der Waals surface area contributed by atoms with Gasteiger partial charge in [-0.3, -0.25) is 9.69 Å². The molecule has 2 heterocycles. The summed E-state index contributed by atoms with van der Waals surface area (Å²) in [5, 5.41) is 4.25. The van der Waals surface area contributed by atoms with Crippen LogP contribution in [0, 0.1) is 0 Å². The first kappa shape index (κ1) is 20.3. The molecule has 0 bridgehead atoms. The summed E-state index contributed by atoms with van der Waals surface area (Å²) < 4.78 is 10.6. The number of fused-ring (bicyclic) bond motifs is 1. The van der Waals surface area contributed by atoms with E-state index in [0.717, 1.165) is 48.6 Å². The van der Waals surface area contributed by atoms with Crippen LogP contribution in [0.3, 0.4) is 0 Å². The number of likely N-dealkylation sites (tertiary alicyclic amines) is 1. The van der Waals surface area contributed by atoms with Crippen molar-refractivity contribution in [3.05, 3.63) is 54.2 Å². The van der Waals surface area contributed by atoms with Crippen molar-refractivity contribution in [1.82, 2.24) is 9.88 Å². The lowest BCUT2D eigenvalue weighted by Crippen LogP contribution is -2.45. The Bertz CT molecular complexity index is 1000. The number of amides is 1. The highest BCUT2D eigenvalue weighted by atomic mass is 16.5. The van der Waals surface area contributed by atoms with Gasteiger partial charge < -0.3 is 19.8 Å². The van der Waals surface area contributed by atoms with Crippen molar-refractivity contribution < 1.29 is 14.3 Å². The largest absolute Gasteiger partial charge is 0.497 e. The Morgan fingerprint density at radius 1 is 1.07 bits per heavy atom. The van der Waals surface area contributed by atoms with Crippen molar-refractivity contribution in [3.63, 3.8) is 0 Å². The van der Waals surface area contributed by atoms with Crippen LogP contribution >= 0.6 is 0 Å². The van der Waals surface area contributed by atoms with E-state index in [2.05, 4.69) is 33.5 Å². The third kappa shape index (κ3) is 4.14. The molecule has 1 aliphatic heterocycles. The third-order valence-corrected chi connectivity index (χ3v) is 6.18. The summed E-state index contributed by atoms with van der Waals surface area (Å²) in [5.74, 6) is 2.16. The number of anilines is 1. The van der Waals surface area contributed by atoms with E-state index < -0.39 is 0 Å². The van der Waals surface area contributed by atoms with Gasteiger partial charge in [-0.05, 0) is 86.8 Å². The quantitative estimate of drug-likeness (QED) is 0.636. The molecule has 1 atom stereocenters. The van der Waals surface area contributed by atoms with E-state index in [9.17, 15) is 4.79 Å². The number of ether oxygens (including phenoxy) is 2. The maximum atomic E-state index is 12.7. The van der Waals surface area contributed by atoms with E-state index in [0.29, 0.717) is 5.92 Å². The Hall–Kier alpha value is -2.99. The highest BCUT2D eigenvalue weighted by Crippen LogP contribution is 2.35. The minimum absolute atomic E-state index is 0.0236. The Kier molecular flexibility index (Phi) is 5.95. The second-order valence-electron chi connectivity index (χ2n) is 7.86. The molecule has 6 nitrogen and oxygen atoms in total. The highest BCUT2D eigenvalue weighted by molar-refractivity contribution is 5.94. The molecule has 30 heavy (non-hydrogen) atoms. The lowest BCUT2D eigenvalue weighted by molar-refractivity contribution is -0.121. The van der Waals surface area contributed by atoms with Gasteiger partial charge in [-0.2, -0.15) is 0 Å². The minimum Gasteiger partial charge on any atom is -0.497 e. The number of methoxy groups -OCH3 is 2. The smallest absolute Gasteiger partial charge is 0.241 e. The van der Waals surface area contributed by atoms with Gasteiger partial charge in [0, 0.05) is 22.8 Å². The molecule has 0 aliphatic carbocycles. The first-order chi connectivity index (χ1) is 14.6. The number of nitrogens with zero attached hydrogens (tertiary/aromatic N) is 1. The molecular weight excluding hydrogens is 378 g/mol. The van der Waals surface area contributed by atoms with Crippen LogP contribution in [-0.4, -0.2) is 49.1 Å². The van der Waals surface area contributed by atoms with Crippen molar-refractivity contribution in [2.45, 2.75) is 31.7 Å². The second kappa shape index (κ2) is 8.79. The molecule has 6 heteroatoms. The standard InChI is InChI=1S/C24H29N3O3/c1-16(24(28)26-18-4-6-19(29-2)7-5-18)27-12-10-17(11-13-27)22-15-25-23-9-8-20(30-3)14-21(22)23/h4-9,14-17,25H,10-13H2,1-3H3,(H,26,28). The van der Waals surface area contributed by atoms with Crippen LogP contribution in [0.5, 0.6) is 11.5 Å². The van der Waals surface area contributed by atoms with E-state index in [-0.39, 0.29) is 11.9 Å². The SMILES string of the molecule is COc1ccc(NC(=O)C(C)N2CCC(c3c[nH]c4ccc(OC)cc34)CC2)cc1. The van der Waals surface area contributed by atoms with Crippen molar-refractivity contribution in [2.75, 3.05) is 32.6 Å². The normalized spacial score (nSPS) is 16.4. The summed E-state index contributed by atoms with van der Waals surface area (Å²) in [5.41, 5.74) is 3.27. The first-order valence-corrected chi connectivity index (χ1v) is 10.4. The number of hydrogen-bond acceptors (Lipinski definition) is 4. The van der Waals surface area contributed by atoms with Gasteiger partial charge in [0.1, 0.15) is 11.5 Å². The van der Waals surface area contributed by atoms with Gasteiger partial charge in [0.05, 0.1) is 20.3 Å². The van der Waals surface area contributed by atoms with Crippen LogP contribution in [0.25, 0.3) is 10.9 Å². The fourth-order valence-corrected chi connectivity index (χ4v) is 4.27. The van der Waals surface area contributed by atoms with Gasteiger partial charge in [-0.1, -0.05) is 0 Å². The number of rotatable bonds is 6. The van der Waals surface area contributed by atoms with Crippen molar-refractivity contribution in [2.24, 2.45) is 0 Å². The predicted molar refractivity (Wildman–Crippen MR) is 119 cm³/mol. The van der Waals surface area contributed by atoms with Gasteiger partial charge in [-0.25, -0.2) is 0 Å². The van der Waals surface area contributed by atoms with E-state index in [4.69, 9.17) is 9.47 Å². The van der Waals surface area contributed by atoms with Gasteiger partial charge in [0.2, 0.25) is 5.91 Å². The van der Waals surface area contributed by atoms with Crippen molar-refractivity contribution in [1.29, 1.82) is 0 Å². The molecule has 1 aliphatic rings. The zero-order valence-electron chi connectivity index (χ0n) is 17.8. The lowest BCUT2D eigenvalue weighted by atomic mass is 9.88. The lowest BCUT2D eigenvalue weighted by Gasteiger charge is -2.35. The summed E-state index contributed by atoms with van der Waals surface area (Å²) in [7, 11) is 3.33. The molecule has 3 aromatic rings. The summed E-state index contributed by atoms with van der Waals surface area (Å²) >= 11 is 0. The molecular formula is C24H29N3O3. The Morgan fingerprint density at radius 2 is 1.73 bits per heavy atom. The summed E-state index contributed by atoms with van der Waals surface area (Å²) in [6, 6.07) is 13.4. The molecule has 0 spiro atoms. The van der Waals surface area contributed by atoms with Crippen LogP contribution in [0.15, 0.2) is 48.7 Å². The number of benzene rings is 2. The highest BCUT2D eigenvalue weighted by Gasteiger charge is 2.28. The number of aromatic nitrogens is 1. The van der Waals surface area contributed by atoms with E-state index in [1.165, 1.54) is 10.9 Å². The van der Waals surface area contributed by atoms with Crippen molar-refractivity contribution in [3.8, 4) is 11.5 Å². The molecule has 158 valence electrons. The van der Waals surface area contributed by atoms with E-state index in [1.54, 1.807) is 14.2 Å². The minimum atomic E-state index is -0.170. The summed E-state index contributed by atoms with van der Waals surface area (Å²) in [6.45, 7) is 3.78. The molecule has 1 unspecified atom stereocenters. The molecule has 1 aromatic heterocycles. The molecule has 4 rings (SSSR count). The fourth-order valence-electron chi connectivity index (χ4n) is 4.27. The maximum Gasteiger partial charge on any atom is 0.241 e. The Morgan fingerprint density at radius 3 is 2.40 bits per heavy atom. The Labute approximate surface area is 177 Å². The molecule has 1 fully saturated rings. The van der Waals surface area contributed by atoms with Crippen LogP contribution in [-0.2, 0) is 4.79 Å². The van der Waals surface area contributed by atoms with Crippen LogP contribution in [0.4, 0.5) is 5.69 Å². The van der Waals surface area contributed by atoms with Gasteiger partial charge in [0.15, 0.2) is 0 Å². The number of nitrogens with one attached hydrogen (secondary N) is 2. The first-order valence-electron chi connectivity index (χ1n) is 10.4. The average Bonchev–Trinajstić information content (AvgIpc) is 3.22. The zero-order chi connectivity index (χ0) is 21.1. The van der Waals surface area contributed by atoms with E-state index >= 15 is 0 Å². The predicted octanol–water partition coefficient (Wildman–Crippen LogP) is 4.39. The van der Waals surface area contributed by atoms with Crippen LogP contribution in [0.2, 0.25) is 0 Å². The monoisotopic (exact) mass is 407 g/mol. The third-order valence-electron chi connectivity index (χ3n) is 6.18. The molecule has 0 saturated carbocycles. The number of aromatic amines is 1. The topological polar surface area (TPSA) is 66.6 Å². The summed E-state index contributed by atoms with van der Waals surface area (Å²) in [6.07, 6.45) is 4.19. The summed E-state index contributed by atoms with van der Waals surface area (Å²) in [4.78, 5) is 18.4. The molecule has 0 radical (unpaired) electrons. The molecule has 2 aromatic carbocycles. The fraction of sp³-hybridized carbons (Fsp3) is 0.375. The van der Waals surface area contributed by atoms with Crippen LogP contribution < -0.4 is 14.8 Å². The van der Waals surface area contributed by atoms with Gasteiger partial charge >= 0.3 is 0 Å². The van der Waals surface area contributed by atoms with Crippen molar-refractivity contribution >= 4 is 22.5 Å². The molecule has 1 amide bonds. The number of hydrogen-bond donors (Lipinski definition) is 2. The van der Waals surface area contributed by atoms with E-state index in [1.807, 2.05) is 37.3 Å². The molecule has 2 N–H and O–H groups in total. The average molecular weight is 408 g/mol. The molecule has 1 saturated heterocycles. The zero-order valence-corrected chi connectivity index (χ0v) is 17.8. The number of H-pyrrole nitrogens is 1. The number of carbonyl (C=O) groups excluding carboxylic acids is 1. The van der Waals surface area contributed by atoms with Gasteiger partial charge in [-0.15, -0.1) is 0 Å². The number of carbonyl (C=O) groups is 1. The number of piperidine rings is 1. The Balaban J connectivity index is 1.37.